The van der Waals surface area contributed by atoms with E-state index in [1.165, 1.54) is 0 Å². The average Bonchev–Trinajstić information content (AvgIpc) is 2.37. The van der Waals surface area contributed by atoms with Crippen LogP contribution in [0.1, 0.15) is 13.8 Å². The van der Waals surface area contributed by atoms with Crippen LogP contribution in [0.15, 0.2) is 18.2 Å². The number of fused-ring (bicyclic) bond motifs is 1. The van der Waals surface area contributed by atoms with E-state index in [2.05, 4.69) is 15.4 Å². The molecule has 114 valence electrons. The fourth-order valence-corrected chi connectivity index (χ4v) is 1.84. The van der Waals surface area contributed by atoms with E-state index >= 15 is 0 Å². The summed E-state index contributed by atoms with van der Waals surface area (Å²) in [5.41, 5.74) is 0.981. The number of hydrogen-bond donors (Lipinski definition) is 1. The summed E-state index contributed by atoms with van der Waals surface area (Å²) >= 11 is 0. The van der Waals surface area contributed by atoms with Crippen molar-refractivity contribution in [2.45, 2.75) is 20.0 Å². The minimum Gasteiger partial charge on any atom is -0.594 e. The first-order chi connectivity index (χ1) is 9.95. The smallest absolute Gasteiger partial charge is 0.290 e. The molecule has 0 aliphatic rings. The minimum absolute atomic E-state index is 0.0707. The first kappa shape index (κ1) is 15.2. The number of benzene rings is 1. The van der Waals surface area contributed by atoms with Crippen LogP contribution < -0.4 is 14.9 Å². The minimum atomic E-state index is 0.0707. The van der Waals surface area contributed by atoms with Gasteiger partial charge < -0.3 is 20.2 Å². The lowest BCUT2D eigenvalue weighted by atomic mass is 10.3. The summed E-state index contributed by atoms with van der Waals surface area (Å²) in [5, 5.41) is 18.8. The van der Waals surface area contributed by atoms with Gasteiger partial charge in [0, 0.05) is 25.2 Å². The van der Waals surface area contributed by atoms with Crippen LogP contribution in [0, 0.1) is 5.21 Å². The molecule has 7 heteroatoms. The Labute approximate surface area is 124 Å². The highest BCUT2D eigenvalue weighted by Gasteiger charge is 2.12. The van der Waals surface area contributed by atoms with E-state index in [9.17, 15) is 5.21 Å². The van der Waals surface area contributed by atoms with Gasteiger partial charge in [-0.1, -0.05) is 0 Å². The molecule has 2 aromatic rings. The van der Waals surface area contributed by atoms with E-state index < -0.39 is 0 Å². The maximum absolute atomic E-state index is 11.9. The molecule has 1 aromatic heterocycles. The Hall–Kier alpha value is -2.15. The van der Waals surface area contributed by atoms with Crippen molar-refractivity contribution in [3.8, 4) is 5.75 Å². The lowest BCUT2D eigenvalue weighted by Gasteiger charge is -2.11. The Balaban J connectivity index is 2.24. The molecule has 1 N–H and O–H groups in total. The van der Waals surface area contributed by atoms with E-state index in [0.29, 0.717) is 34.1 Å². The summed E-state index contributed by atoms with van der Waals surface area (Å²) < 4.78 is 5.62. The molecule has 0 saturated carbocycles. The molecular weight excluding hydrogens is 270 g/mol. The van der Waals surface area contributed by atoms with Gasteiger partial charge in [0.2, 0.25) is 0 Å². The van der Waals surface area contributed by atoms with Crippen molar-refractivity contribution in [3.63, 3.8) is 0 Å². The zero-order valence-electron chi connectivity index (χ0n) is 12.8. The van der Waals surface area contributed by atoms with Crippen molar-refractivity contribution in [2.24, 2.45) is 0 Å². The average molecular weight is 291 g/mol. The zero-order valence-corrected chi connectivity index (χ0v) is 12.8. The number of likely N-dealkylation sites (N-methyl/N-ethyl adjacent to an activating group) is 1. The Morgan fingerprint density at radius 1 is 1.38 bits per heavy atom. The summed E-state index contributed by atoms with van der Waals surface area (Å²) in [6.07, 6.45) is 0.0707. The lowest BCUT2D eigenvalue weighted by Crippen LogP contribution is -2.34. The number of ether oxygens (including phenoxy) is 1. The van der Waals surface area contributed by atoms with E-state index in [1.54, 1.807) is 18.2 Å². The fraction of sp³-hybridized carbons (Fsp3) is 0.500. The monoisotopic (exact) mass is 291 g/mol. The number of nitrogens with one attached hydrogen (secondary N) is 1. The number of aromatic nitrogens is 3. The molecule has 0 aliphatic heterocycles. The van der Waals surface area contributed by atoms with Gasteiger partial charge in [0.05, 0.1) is 11.2 Å². The molecule has 7 nitrogen and oxygen atoms in total. The molecule has 0 fully saturated rings. The van der Waals surface area contributed by atoms with Gasteiger partial charge in [-0.05, 0) is 38.9 Å². The van der Waals surface area contributed by atoms with Crippen LogP contribution in [0.2, 0.25) is 0 Å². The van der Waals surface area contributed by atoms with Crippen LogP contribution in [0.5, 0.6) is 5.75 Å². The molecule has 1 heterocycles. The summed E-state index contributed by atoms with van der Waals surface area (Å²) in [4.78, 5) is 6.98. The van der Waals surface area contributed by atoms with Gasteiger partial charge >= 0.3 is 0 Å². The van der Waals surface area contributed by atoms with Crippen molar-refractivity contribution in [1.29, 1.82) is 0 Å². The Morgan fingerprint density at radius 3 is 2.81 bits per heavy atom. The van der Waals surface area contributed by atoms with Gasteiger partial charge in [-0.25, -0.2) is 4.98 Å². The van der Waals surface area contributed by atoms with Gasteiger partial charge in [0.15, 0.2) is 0 Å². The van der Waals surface area contributed by atoms with Gasteiger partial charge in [0.25, 0.3) is 11.5 Å². The van der Waals surface area contributed by atoms with E-state index in [0.717, 1.165) is 6.54 Å². The summed E-state index contributed by atoms with van der Waals surface area (Å²) in [5.74, 6) is 1.01. The van der Waals surface area contributed by atoms with Crippen LogP contribution in [0.25, 0.3) is 11.0 Å². The second kappa shape index (κ2) is 6.53. The van der Waals surface area contributed by atoms with Gasteiger partial charge in [0.1, 0.15) is 11.3 Å². The van der Waals surface area contributed by atoms with Crippen LogP contribution in [-0.2, 0) is 0 Å². The number of nitrogens with zero attached hydrogens (tertiary/aromatic N) is 4. The summed E-state index contributed by atoms with van der Waals surface area (Å²) in [6, 6.07) is 5.17. The van der Waals surface area contributed by atoms with Crippen LogP contribution in [0.4, 0.5) is 5.95 Å². The third kappa shape index (κ3) is 4.16. The Kier molecular flexibility index (Phi) is 4.74. The summed E-state index contributed by atoms with van der Waals surface area (Å²) in [7, 11) is 3.96. The second-order valence-electron chi connectivity index (χ2n) is 5.36. The van der Waals surface area contributed by atoms with Crippen LogP contribution in [0.3, 0.4) is 0 Å². The highest BCUT2D eigenvalue weighted by atomic mass is 16.5. The molecule has 0 radical (unpaired) electrons. The van der Waals surface area contributed by atoms with E-state index in [4.69, 9.17) is 4.74 Å². The van der Waals surface area contributed by atoms with Crippen molar-refractivity contribution in [1.82, 2.24) is 15.0 Å². The number of anilines is 1. The van der Waals surface area contributed by atoms with Crippen molar-refractivity contribution in [2.75, 3.05) is 32.5 Å². The SMILES string of the molecule is CC(C)Oc1ccc2c(c1)nc(NCCN(C)C)n[n+]2[O-]. The predicted octanol–water partition coefficient (Wildman–Crippen LogP) is 1.02. The highest BCUT2D eigenvalue weighted by molar-refractivity contribution is 5.73. The Bertz CT molecular complexity index is 616. The molecule has 0 bridgehead atoms. The normalized spacial score (nSPS) is 11.3. The quantitative estimate of drug-likeness (QED) is 0.632. The van der Waals surface area contributed by atoms with Crippen LogP contribution in [-0.4, -0.2) is 48.3 Å². The van der Waals surface area contributed by atoms with Gasteiger partial charge in [-0.3, -0.25) is 0 Å². The number of hydrogen-bond acceptors (Lipinski definition) is 6. The van der Waals surface area contributed by atoms with Crippen molar-refractivity contribution >= 4 is 17.0 Å². The fourth-order valence-electron chi connectivity index (χ4n) is 1.84. The topological polar surface area (TPSA) is 77.2 Å². The maximum Gasteiger partial charge on any atom is 0.290 e. The number of rotatable bonds is 6. The van der Waals surface area contributed by atoms with Gasteiger partial charge in [-0.15, -0.1) is 0 Å². The molecule has 0 spiro atoms. The molecule has 0 aliphatic carbocycles. The van der Waals surface area contributed by atoms with E-state index in [1.807, 2.05) is 32.8 Å². The largest absolute Gasteiger partial charge is 0.594 e. The molecule has 0 amide bonds. The molecule has 0 unspecified atom stereocenters. The second-order valence-corrected chi connectivity index (χ2v) is 5.36. The summed E-state index contributed by atoms with van der Waals surface area (Å²) in [6.45, 7) is 5.40. The molecule has 1 aromatic carbocycles. The maximum atomic E-state index is 11.9. The molecule has 0 atom stereocenters. The van der Waals surface area contributed by atoms with Crippen LogP contribution >= 0.6 is 0 Å². The first-order valence-electron chi connectivity index (χ1n) is 6.92. The van der Waals surface area contributed by atoms with Crippen molar-refractivity contribution in [3.05, 3.63) is 23.4 Å². The Morgan fingerprint density at radius 2 is 2.14 bits per heavy atom. The van der Waals surface area contributed by atoms with Crippen molar-refractivity contribution < 1.29 is 9.58 Å². The zero-order chi connectivity index (χ0) is 15.4. The highest BCUT2D eigenvalue weighted by Crippen LogP contribution is 2.18. The predicted molar refractivity (Wildman–Crippen MR) is 81.3 cm³/mol. The first-order valence-corrected chi connectivity index (χ1v) is 6.92. The lowest BCUT2D eigenvalue weighted by molar-refractivity contribution is -0.641. The van der Waals surface area contributed by atoms with E-state index in [-0.39, 0.29) is 6.10 Å². The third-order valence-corrected chi connectivity index (χ3v) is 2.78. The third-order valence-electron chi connectivity index (χ3n) is 2.78. The molecule has 2 rings (SSSR count). The molecular formula is C14H21N5O2. The molecule has 0 saturated heterocycles. The molecule has 21 heavy (non-hydrogen) atoms. The van der Waals surface area contributed by atoms with Gasteiger partial charge in [-0.2, -0.15) is 0 Å². The standard InChI is InChI=1S/C14H21N5O2/c1-10(2)21-11-5-6-13-12(9-11)16-14(17-19(13)20)15-7-8-18(3)4/h5-6,9-10H,7-8H2,1-4H3,(H,15,16,17).